The quantitative estimate of drug-likeness (QED) is 0.670. The van der Waals surface area contributed by atoms with Gasteiger partial charge >= 0.3 is 0 Å². The van der Waals surface area contributed by atoms with Crippen LogP contribution in [-0.4, -0.2) is 21.2 Å². The SMILES string of the molecule is CC(C)C(=O)NC1(c2ccc(C(=O)NCc3ccn4ccnc4c3)s2)CCC1. The molecule has 0 radical (unpaired) electrons. The van der Waals surface area contributed by atoms with E-state index < -0.39 is 0 Å². The van der Waals surface area contributed by atoms with E-state index in [9.17, 15) is 9.59 Å². The van der Waals surface area contributed by atoms with Gasteiger partial charge in [0, 0.05) is 35.9 Å². The van der Waals surface area contributed by atoms with Crippen molar-refractivity contribution < 1.29 is 9.59 Å². The zero-order valence-corrected chi connectivity index (χ0v) is 16.9. The number of carbonyl (C=O) groups is 2. The third-order valence-corrected chi connectivity index (χ3v) is 6.60. The van der Waals surface area contributed by atoms with Crippen molar-refractivity contribution in [2.75, 3.05) is 0 Å². The number of imidazole rings is 1. The largest absolute Gasteiger partial charge is 0.347 e. The smallest absolute Gasteiger partial charge is 0.261 e. The Morgan fingerprint density at radius 1 is 1.25 bits per heavy atom. The maximum Gasteiger partial charge on any atom is 0.261 e. The summed E-state index contributed by atoms with van der Waals surface area (Å²) in [5.41, 5.74) is 1.57. The summed E-state index contributed by atoms with van der Waals surface area (Å²) in [4.78, 5) is 30.8. The number of pyridine rings is 1. The van der Waals surface area contributed by atoms with Crippen molar-refractivity contribution in [3.8, 4) is 0 Å². The Kier molecular flexibility index (Phi) is 4.93. The van der Waals surface area contributed by atoms with E-state index in [1.807, 2.05) is 54.9 Å². The molecule has 0 unspecified atom stereocenters. The molecule has 3 aromatic heterocycles. The molecule has 1 aliphatic rings. The molecule has 1 fully saturated rings. The van der Waals surface area contributed by atoms with Gasteiger partial charge in [-0.05, 0) is 49.1 Å². The number of amides is 2. The molecule has 0 bridgehead atoms. The molecule has 6 nitrogen and oxygen atoms in total. The normalized spacial score (nSPS) is 15.4. The van der Waals surface area contributed by atoms with Gasteiger partial charge in [0.05, 0.1) is 10.4 Å². The lowest BCUT2D eigenvalue weighted by Gasteiger charge is -2.42. The van der Waals surface area contributed by atoms with E-state index in [0.717, 1.165) is 35.4 Å². The number of fused-ring (bicyclic) bond motifs is 1. The van der Waals surface area contributed by atoms with E-state index in [2.05, 4.69) is 15.6 Å². The van der Waals surface area contributed by atoms with E-state index in [1.165, 1.54) is 11.3 Å². The van der Waals surface area contributed by atoms with Crippen molar-refractivity contribution >= 4 is 28.8 Å². The average molecular weight is 397 g/mol. The Balaban J connectivity index is 1.43. The first-order chi connectivity index (χ1) is 13.5. The fourth-order valence-electron chi connectivity index (χ4n) is 3.39. The van der Waals surface area contributed by atoms with Crippen LogP contribution in [0.2, 0.25) is 0 Å². The second-order valence-corrected chi connectivity index (χ2v) is 8.74. The standard InChI is InChI=1S/C21H24N4O2S/c1-14(2)19(26)24-21(7-3-8-21)17-5-4-16(28-17)20(27)23-13-15-6-10-25-11-9-22-18(25)12-15/h4-6,9-12,14H,3,7-8,13H2,1-2H3,(H,23,27)(H,24,26). The predicted molar refractivity (Wildman–Crippen MR) is 109 cm³/mol. The monoisotopic (exact) mass is 396 g/mol. The molecule has 0 aliphatic heterocycles. The fraction of sp³-hybridized carbons (Fsp3) is 0.381. The summed E-state index contributed by atoms with van der Waals surface area (Å²) >= 11 is 1.47. The highest BCUT2D eigenvalue weighted by Gasteiger charge is 2.41. The molecule has 3 heterocycles. The highest BCUT2D eigenvalue weighted by molar-refractivity contribution is 7.14. The summed E-state index contributed by atoms with van der Waals surface area (Å²) in [5.74, 6) is -0.0785. The molecule has 28 heavy (non-hydrogen) atoms. The number of rotatable bonds is 6. The molecule has 7 heteroatoms. The van der Waals surface area contributed by atoms with Gasteiger partial charge in [0.25, 0.3) is 5.91 Å². The molecular weight excluding hydrogens is 372 g/mol. The molecule has 0 spiro atoms. The number of hydrogen-bond donors (Lipinski definition) is 2. The van der Waals surface area contributed by atoms with Crippen LogP contribution in [0.1, 0.15) is 53.2 Å². The minimum atomic E-state index is -0.295. The van der Waals surface area contributed by atoms with Crippen molar-refractivity contribution in [2.45, 2.75) is 45.2 Å². The fourth-order valence-corrected chi connectivity index (χ4v) is 4.52. The maximum atomic E-state index is 12.6. The molecule has 1 saturated carbocycles. The van der Waals surface area contributed by atoms with Gasteiger partial charge in [-0.25, -0.2) is 4.98 Å². The highest BCUT2D eigenvalue weighted by atomic mass is 32.1. The van der Waals surface area contributed by atoms with Crippen LogP contribution < -0.4 is 10.6 Å². The van der Waals surface area contributed by atoms with Crippen molar-refractivity contribution in [2.24, 2.45) is 5.92 Å². The second kappa shape index (κ2) is 7.39. The predicted octanol–water partition coefficient (Wildman–Crippen LogP) is 3.48. The molecule has 0 aromatic carbocycles. The molecule has 4 rings (SSSR count). The van der Waals surface area contributed by atoms with E-state index >= 15 is 0 Å². The van der Waals surface area contributed by atoms with Gasteiger partial charge in [-0.2, -0.15) is 0 Å². The van der Waals surface area contributed by atoms with Crippen molar-refractivity contribution in [3.63, 3.8) is 0 Å². The van der Waals surface area contributed by atoms with Gasteiger partial charge in [0.1, 0.15) is 5.65 Å². The minimum absolute atomic E-state index is 0.0485. The number of hydrogen-bond acceptors (Lipinski definition) is 4. The number of thiophene rings is 1. The van der Waals surface area contributed by atoms with Crippen molar-refractivity contribution in [1.29, 1.82) is 0 Å². The highest BCUT2D eigenvalue weighted by Crippen LogP contribution is 2.44. The van der Waals surface area contributed by atoms with Gasteiger partial charge in [-0.1, -0.05) is 13.8 Å². The molecule has 146 valence electrons. The second-order valence-electron chi connectivity index (χ2n) is 7.65. The summed E-state index contributed by atoms with van der Waals surface area (Å²) in [7, 11) is 0. The minimum Gasteiger partial charge on any atom is -0.347 e. The molecule has 2 N–H and O–H groups in total. The maximum absolute atomic E-state index is 12.6. The summed E-state index contributed by atoms with van der Waals surface area (Å²) < 4.78 is 1.93. The van der Waals surface area contributed by atoms with Gasteiger partial charge < -0.3 is 15.0 Å². The third-order valence-electron chi connectivity index (χ3n) is 5.31. The lowest BCUT2D eigenvalue weighted by molar-refractivity contribution is -0.127. The zero-order chi connectivity index (χ0) is 19.7. The van der Waals surface area contributed by atoms with Crippen LogP contribution in [0.25, 0.3) is 5.65 Å². The Morgan fingerprint density at radius 2 is 2.07 bits per heavy atom. The molecule has 2 amide bonds. The summed E-state index contributed by atoms with van der Waals surface area (Å²) in [6, 6.07) is 7.77. The van der Waals surface area contributed by atoms with E-state index in [4.69, 9.17) is 0 Å². The van der Waals surface area contributed by atoms with Gasteiger partial charge in [0.2, 0.25) is 5.91 Å². The lowest BCUT2D eigenvalue weighted by atomic mass is 9.75. The van der Waals surface area contributed by atoms with Crippen molar-refractivity contribution in [1.82, 2.24) is 20.0 Å². The number of aromatic nitrogens is 2. The van der Waals surface area contributed by atoms with Crippen LogP contribution in [0.5, 0.6) is 0 Å². The van der Waals surface area contributed by atoms with Crippen LogP contribution >= 0.6 is 11.3 Å². The molecule has 0 atom stereocenters. The van der Waals surface area contributed by atoms with Crippen LogP contribution in [0, 0.1) is 5.92 Å². The first-order valence-corrected chi connectivity index (χ1v) is 10.4. The Hall–Kier alpha value is -2.67. The summed E-state index contributed by atoms with van der Waals surface area (Å²) in [6.07, 6.45) is 8.52. The Morgan fingerprint density at radius 3 is 2.79 bits per heavy atom. The Bertz CT molecular complexity index is 1020. The Labute approximate surface area is 168 Å². The van der Waals surface area contributed by atoms with E-state index in [0.29, 0.717) is 11.4 Å². The van der Waals surface area contributed by atoms with Crippen LogP contribution in [-0.2, 0) is 16.9 Å². The van der Waals surface area contributed by atoms with Gasteiger partial charge in [-0.15, -0.1) is 11.3 Å². The third kappa shape index (κ3) is 3.54. The summed E-state index contributed by atoms with van der Waals surface area (Å²) in [6.45, 7) is 4.25. The first kappa shape index (κ1) is 18.7. The van der Waals surface area contributed by atoms with Crippen LogP contribution in [0.15, 0.2) is 42.9 Å². The van der Waals surface area contributed by atoms with Gasteiger partial charge in [-0.3, -0.25) is 9.59 Å². The number of nitrogens with zero attached hydrogens (tertiary/aromatic N) is 2. The van der Waals surface area contributed by atoms with Crippen LogP contribution in [0.4, 0.5) is 0 Å². The van der Waals surface area contributed by atoms with E-state index in [-0.39, 0.29) is 23.3 Å². The number of carbonyl (C=O) groups excluding carboxylic acids is 2. The van der Waals surface area contributed by atoms with Crippen molar-refractivity contribution in [3.05, 3.63) is 58.2 Å². The first-order valence-electron chi connectivity index (χ1n) is 9.59. The zero-order valence-electron chi connectivity index (χ0n) is 16.1. The van der Waals surface area contributed by atoms with Gasteiger partial charge in [0.15, 0.2) is 0 Å². The number of nitrogens with one attached hydrogen (secondary N) is 2. The topological polar surface area (TPSA) is 75.5 Å². The molecule has 0 saturated heterocycles. The molecule has 3 aromatic rings. The molecular formula is C21H24N4O2S. The lowest BCUT2D eigenvalue weighted by Crippen LogP contribution is -2.51. The van der Waals surface area contributed by atoms with E-state index in [1.54, 1.807) is 6.20 Å². The average Bonchev–Trinajstić information content (AvgIpc) is 3.31. The molecule has 1 aliphatic carbocycles. The summed E-state index contributed by atoms with van der Waals surface area (Å²) in [5, 5.41) is 6.18. The van der Waals surface area contributed by atoms with Crippen LogP contribution in [0.3, 0.4) is 0 Å².